The van der Waals surface area contributed by atoms with Gasteiger partial charge >= 0.3 is 11.9 Å². The molecule has 2 rings (SSSR count). The van der Waals surface area contributed by atoms with Gasteiger partial charge in [0.15, 0.2) is 0 Å². The summed E-state index contributed by atoms with van der Waals surface area (Å²) in [6.07, 6.45) is 0. The van der Waals surface area contributed by atoms with Gasteiger partial charge in [-0.3, -0.25) is 4.79 Å². The zero-order valence-corrected chi connectivity index (χ0v) is 16.2. The van der Waals surface area contributed by atoms with Gasteiger partial charge in [0.2, 0.25) is 0 Å². The van der Waals surface area contributed by atoms with Crippen LogP contribution in [0.5, 0.6) is 0 Å². The molecule has 2 atom stereocenters. The van der Waals surface area contributed by atoms with Crippen molar-refractivity contribution in [1.29, 1.82) is 0 Å². The summed E-state index contributed by atoms with van der Waals surface area (Å²) in [7, 11) is 1.36. The second-order valence-electron chi connectivity index (χ2n) is 5.66. The minimum atomic E-state index is -0.890. The third kappa shape index (κ3) is 6.67. The van der Waals surface area contributed by atoms with Gasteiger partial charge in [0.1, 0.15) is 0 Å². The van der Waals surface area contributed by atoms with Gasteiger partial charge < -0.3 is 15.6 Å². The van der Waals surface area contributed by atoms with Crippen molar-refractivity contribution in [2.45, 2.75) is 25.8 Å². The number of aliphatic carboxylic acids is 1. The van der Waals surface area contributed by atoms with Crippen LogP contribution in [-0.2, 0) is 9.53 Å². The number of methoxy groups -OCH3 is 1. The van der Waals surface area contributed by atoms with E-state index in [-0.39, 0.29) is 12.0 Å². The number of ether oxygens (including phenoxy) is 1. The Hall–Kier alpha value is -2.08. The Kier molecular flexibility index (Phi) is 8.58. The van der Waals surface area contributed by atoms with E-state index in [9.17, 15) is 9.59 Å². The van der Waals surface area contributed by atoms with Crippen LogP contribution in [0.25, 0.3) is 0 Å². The number of hydrogen-bond donors (Lipinski definition) is 2. The SMILES string of the molecule is CC(C(=O)O)c1cc(Cl)cc(Cl)c1.COC(=O)c1ccc([C@@H](C)N)cc1. The normalized spacial score (nSPS) is 12.4. The van der Waals surface area contributed by atoms with Gasteiger partial charge in [-0.2, -0.15) is 0 Å². The molecule has 0 bridgehead atoms. The molecule has 5 nitrogen and oxygen atoms in total. The molecule has 0 saturated carbocycles. The molecule has 0 radical (unpaired) electrons. The molecule has 2 aromatic carbocycles. The molecule has 0 heterocycles. The summed E-state index contributed by atoms with van der Waals surface area (Å²) in [5.74, 6) is -1.80. The topological polar surface area (TPSA) is 89.6 Å². The van der Waals surface area contributed by atoms with Crippen molar-refractivity contribution in [2.75, 3.05) is 7.11 Å². The molecule has 0 saturated heterocycles. The zero-order chi connectivity index (χ0) is 19.9. The predicted octanol–water partition coefficient (Wildman–Crippen LogP) is 4.67. The van der Waals surface area contributed by atoms with E-state index in [0.717, 1.165) is 5.56 Å². The minimum Gasteiger partial charge on any atom is -0.481 e. The van der Waals surface area contributed by atoms with Crippen LogP contribution in [0.1, 0.15) is 47.3 Å². The molecular formula is C19H21Cl2NO4. The van der Waals surface area contributed by atoms with Gasteiger partial charge in [-0.25, -0.2) is 4.79 Å². The van der Waals surface area contributed by atoms with E-state index in [2.05, 4.69) is 4.74 Å². The van der Waals surface area contributed by atoms with E-state index in [4.69, 9.17) is 34.0 Å². The molecule has 1 unspecified atom stereocenters. The van der Waals surface area contributed by atoms with Gasteiger partial charge in [0.05, 0.1) is 18.6 Å². The number of carbonyl (C=O) groups is 2. The molecule has 140 valence electrons. The summed E-state index contributed by atoms with van der Waals surface area (Å²) >= 11 is 11.4. The number of carboxylic acids is 1. The highest BCUT2D eigenvalue weighted by molar-refractivity contribution is 6.34. The van der Waals surface area contributed by atoms with Gasteiger partial charge in [0.25, 0.3) is 0 Å². The molecule has 3 N–H and O–H groups in total. The number of carbonyl (C=O) groups excluding carboxylic acids is 1. The van der Waals surface area contributed by atoms with Gasteiger partial charge in [-0.15, -0.1) is 0 Å². The molecule has 0 spiro atoms. The smallest absolute Gasteiger partial charge is 0.337 e. The van der Waals surface area contributed by atoms with E-state index in [1.807, 2.05) is 19.1 Å². The lowest BCUT2D eigenvalue weighted by Crippen LogP contribution is -2.07. The second-order valence-corrected chi connectivity index (χ2v) is 6.54. The molecule has 0 aliphatic carbocycles. The van der Waals surface area contributed by atoms with Crippen LogP contribution >= 0.6 is 23.2 Å². The number of hydrogen-bond acceptors (Lipinski definition) is 4. The van der Waals surface area contributed by atoms with Gasteiger partial charge in [-0.1, -0.05) is 35.3 Å². The van der Waals surface area contributed by atoms with Gasteiger partial charge in [0, 0.05) is 16.1 Å². The Labute approximate surface area is 162 Å². The summed E-state index contributed by atoms with van der Waals surface area (Å²) in [5.41, 5.74) is 7.83. The summed E-state index contributed by atoms with van der Waals surface area (Å²) < 4.78 is 4.57. The standard InChI is InChI=1S/C10H13NO2.C9H8Cl2O2/c1-7(11)8-3-5-9(6-4-8)10(12)13-2;1-5(9(12)13)6-2-7(10)4-8(11)3-6/h3-7H,11H2,1-2H3;2-5H,1H3,(H,12,13)/t7-;/m1./s1. The second kappa shape index (κ2) is 10.2. The van der Waals surface area contributed by atoms with Crippen molar-refractivity contribution < 1.29 is 19.4 Å². The van der Waals surface area contributed by atoms with E-state index in [1.54, 1.807) is 37.3 Å². The first kappa shape index (κ1) is 22.0. The number of rotatable bonds is 4. The Bertz CT molecular complexity index is 740. The van der Waals surface area contributed by atoms with Crippen molar-refractivity contribution in [3.05, 3.63) is 69.2 Å². The van der Waals surface area contributed by atoms with Crippen LogP contribution in [0.3, 0.4) is 0 Å². The fourth-order valence-electron chi connectivity index (χ4n) is 2.01. The highest BCUT2D eigenvalue weighted by Gasteiger charge is 2.14. The average molecular weight is 398 g/mol. The van der Waals surface area contributed by atoms with E-state index < -0.39 is 11.9 Å². The monoisotopic (exact) mass is 397 g/mol. The molecule has 7 heteroatoms. The largest absolute Gasteiger partial charge is 0.481 e. The molecule has 2 aromatic rings. The Morgan fingerprint density at radius 1 is 1.00 bits per heavy atom. The summed E-state index contributed by atoms with van der Waals surface area (Å²) in [4.78, 5) is 21.7. The maximum absolute atomic E-state index is 11.0. The number of benzene rings is 2. The number of carboxylic acid groups (broad SMARTS) is 1. The fourth-order valence-corrected chi connectivity index (χ4v) is 2.55. The van der Waals surface area contributed by atoms with Crippen LogP contribution < -0.4 is 5.73 Å². The highest BCUT2D eigenvalue weighted by atomic mass is 35.5. The van der Waals surface area contributed by atoms with Crippen molar-refractivity contribution in [2.24, 2.45) is 5.73 Å². The van der Waals surface area contributed by atoms with Crippen molar-refractivity contribution in [1.82, 2.24) is 0 Å². The van der Waals surface area contributed by atoms with E-state index in [0.29, 0.717) is 21.2 Å². The first-order valence-corrected chi connectivity index (χ1v) is 8.54. The van der Waals surface area contributed by atoms with Crippen LogP contribution in [-0.4, -0.2) is 24.2 Å². The zero-order valence-electron chi connectivity index (χ0n) is 14.7. The Balaban J connectivity index is 0.000000260. The van der Waals surface area contributed by atoms with Gasteiger partial charge in [-0.05, 0) is 55.3 Å². The predicted molar refractivity (Wildman–Crippen MR) is 103 cm³/mol. The maximum Gasteiger partial charge on any atom is 0.337 e. The molecule has 0 fully saturated rings. The Morgan fingerprint density at radius 2 is 1.50 bits per heavy atom. The average Bonchev–Trinajstić information content (AvgIpc) is 2.60. The van der Waals surface area contributed by atoms with E-state index in [1.165, 1.54) is 7.11 Å². The third-order valence-corrected chi connectivity index (χ3v) is 4.05. The van der Waals surface area contributed by atoms with Crippen LogP contribution in [0.2, 0.25) is 10.0 Å². The van der Waals surface area contributed by atoms with E-state index >= 15 is 0 Å². The summed E-state index contributed by atoms with van der Waals surface area (Å²) in [5, 5.41) is 9.64. The van der Waals surface area contributed by atoms with Crippen LogP contribution in [0, 0.1) is 0 Å². The van der Waals surface area contributed by atoms with Crippen LogP contribution in [0.15, 0.2) is 42.5 Å². The third-order valence-electron chi connectivity index (χ3n) is 3.61. The number of nitrogens with two attached hydrogens (primary N) is 1. The number of halogens is 2. The molecule has 0 aromatic heterocycles. The first-order chi connectivity index (χ1) is 12.1. The quantitative estimate of drug-likeness (QED) is 0.731. The molecule has 0 amide bonds. The van der Waals surface area contributed by atoms with Crippen molar-refractivity contribution in [3.63, 3.8) is 0 Å². The summed E-state index contributed by atoms with van der Waals surface area (Å²) in [6, 6.07) is 11.9. The molecule has 0 aliphatic rings. The lowest BCUT2D eigenvalue weighted by atomic mass is 10.0. The van der Waals surface area contributed by atoms with Crippen LogP contribution in [0.4, 0.5) is 0 Å². The molecular weight excluding hydrogens is 377 g/mol. The first-order valence-electron chi connectivity index (χ1n) is 7.78. The molecule has 0 aliphatic heterocycles. The minimum absolute atomic E-state index is 0.00769. The fraction of sp³-hybridized carbons (Fsp3) is 0.263. The maximum atomic E-state index is 11.0. The Morgan fingerprint density at radius 3 is 1.88 bits per heavy atom. The van der Waals surface area contributed by atoms with Crippen molar-refractivity contribution in [3.8, 4) is 0 Å². The lowest BCUT2D eigenvalue weighted by molar-refractivity contribution is -0.138. The van der Waals surface area contributed by atoms with Crippen molar-refractivity contribution >= 4 is 35.1 Å². The summed E-state index contributed by atoms with van der Waals surface area (Å²) in [6.45, 7) is 3.48. The lowest BCUT2D eigenvalue weighted by Gasteiger charge is -2.07. The highest BCUT2D eigenvalue weighted by Crippen LogP contribution is 2.24. The molecule has 26 heavy (non-hydrogen) atoms. The number of esters is 1.